The third-order valence-corrected chi connectivity index (χ3v) is 5.63. The van der Waals surface area contributed by atoms with Crippen molar-refractivity contribution in [1.29, 1.82) is 0 Å². The zero-order valence-electron chi connectivity index (χ0n) is 18.0. The fourth-order valence-corrected chi connectivity index (χ4v) is 3.75. The Morgan fingerprint density at radius 1 is 1.29 bits per heavy atom. The first-order valence-corrected chi connectivity index (χ1v) is 10.3. The normalized spacial score (nSPS) is 17.2. The molecular formula is C23H35N3O2. The molecule has 1 aromatic carbocycles. The van der Waals surface area contributed by atoms with E-state index in [9.17, 15) is 9.59 Å². The second kappa shape index (κ2) is 9.26. The van der Waals surface area contributed by atoms with Crippen LogP contribution >= 0.6 is 0 Å². The number of hydrogen-bond donors (Lipinski definition) is 1. The number of amides is 3. The molecule has 1 heterocycles. The van der Waals surface area contributed by atoms with Crippen molar-refractivity contribution in [3.8, 4) is 0 Å². The van der Waals surface area contributed by atoms with Crippen LogP contribution in [0.2, 0.25) is 0 Å². The van der Waals surface area contributed by atoms with E-state index in [2.05, 4.69) is 18.0 Å². The first-order chi connectivity index (χ1) is 13.2. The lowest BCUT2D eigenvalue weighted by Gasteiger charge is -2.37. The van der Waals surface area contributed by atoms with Crippen LogP contribution in [0.1, 0.15) is 58.6 Å². The van der Waals surface area contributed by atoms with Crippen LogP contribution in [-0.4, -0.2) is 47.9 Å². The maximum Gasteiger partial charge on any atom is 0.318 e. The van der Waals surface area contributed by atoms with E-state index in [0.717, 1.165) is 29.5 Å². The Morgan fingerprint density at radius 3 is 2.57 bits per heavy atom. The van der Waals surface area contributed by atoms with Gasteiger partial charge in [-0.1, -0.05) is 30.4 Å². The number of hydrogen-bond acceptors (Lipinski definition) is 2. The second-order valence-electron chi connectivity index (χ2n) is 8.21. The number of likely N-dealkylation sites (tertiary alicyclic amines) is 1. The summed E-state index contributed by atoms with van der Waals surface area (Å²) in [5.74, 6) is 0.0603. The second-order valence-corrected chi connectivity index (χ2v) is 8.21. The number of allylic oxidation sites excluding steroid dienone is 1. The van der Waals surface area contributed by atoms with Crippen LogP contribution in [0, 0.1) is 5.92 Å². The molecular weight excluding hydrogens is 350 g/mol. The Bertz CT molecular complexity index is 722. The highest BCUT2D eigenvalue weighted by molar-refractivity contribution is 5.81. The zero-order valence-corrected chi connectivity index (χ0v) is 18.0. The number of carbonyl (C=O) groups excluding carboxylic acids is 2. The molecule has 5 nitrogen and oxygen atoms in total. The molecule has 3 amide bonds. The first-order valence-electron chi connectivity index (χ1n) is 10.3. The van der Waals surface area contributed by atoms with E-state index in [1.165, 1.54) is 0 Å². The van der Waals surface area contributed by atoms with Crippen molar-refractivity contribution in [1.82, 2.24) is 15.1 Å². The molecule has 5 heteroatoms. The molecule has 0 spiro atoms. The average Bonchev–Trinajstić information content (AvgIpc) is 2.68. The Balaban J connectivity index is 2.07. The molecule has 1 saturated heterocycles. The quantitative estimate of drug-likeness (QED) is 0.796. The number of carbonyl (C=O) groups is 2. The number of urea groups is 1. The van der Waals surface area contributed by atoms with Crippen molar-refractivity contribution >= 4 is 17.5 Å². The smallest absolute Gasteiger partial charge is 0.318 e. The Labute approximate surface area is 169 Å². The maximum atomic E-state index is 13.0. The van der Waals surface area contributed by atoms with Gasteiger partial charge in [-0.05, 0) is 64.7 Å². The fourth-order valence-electron chi connectivity index (χ4n) is 3.75. The first kappa shape index (κ1) is 22.0. The van der Waals surface area contributed by atoms with Crippen molar-refractivity contribution in [3.05, 3.63) is 42.0 Å². The zero-order chi connectivity index (χ0) is 20.9. The van der Waals surface area contributed by atoms with Gasteiger partial charge in [0.05, 0.1) is 11.5 Å². The summed E-state index contributed by atoms with van der Waals surface area (Å²) < 4.78 is 0. The highest BCUT2D eigenvalue weighted by Gasteiger charge is 2.32. The third kappa shape index (κ3) is 5.15. The summed E-state index contributed by atoms with van der Waals surface area (Å²) in [4.78, 5) is 29.3. The minimum absolute atomic E-state index is 0.103. The number of nitrogens with one attached hydrogen (secondary N) is 1. The molecule has 0 aliphatic carbocycles. The van der Waals surface area contributed by atoms with Crippen LogP contribution in [0.15, 0.2) is 30.8 Å². The summed E-state index contributed by atoms with van der Waals surface area (Å²) in [6.45, 7) is 16.6. The van der Waals surface area contributed by atoms with Crippen molar-refractivity contribution in [2.45, 2.75) is 53.0 Å². The van der Waals surface area contributed by atoms with Gasteiger partial charge in [0.15, 0.2) is 0 Å². The standard InChI is InChI=1S/C23H35N3O2/c1-7-25(8-2)21(27)19-12-10-14-26(16-19)22(28)24-23(5,6)20-13-9-11-18(15-20)17(3)4/h9,11,13,15,19H,3,7-8,10,12,14,16H2,1-2,4-6H3,(H,24,28). The summed E-state index contributed by atoms with van der Waals surface area (Å²) in [7, 11) is 0. The molecule has 1 atom stereocenters. The van der Waals surface area contributed by atoms with Crippen LogP contribution in [-0.2, 0) is 10.3 Å². The molecule has 1 unspecified atom stereocenters. The van der Waals surface area contributed by atoms with Gasteiger partial charge in [-0.3, -0.25) is 4.79 Å². The van der Waals surface area contributed by atoms with E-state index >= 15 is 0 Å². The van der Waals surface area contributed by atoms with E-state index in [-0.39, 0.29) is 17.9 Å². The SMILES string of the molecule is C=C(C)c1cccc(C(C)(C)NC(=O)N2CCCC(C(=O)N(CC)CC)C2)c1. The van der Waals surface area contributed by atoms with E-state index in [0.29, 0.717) is 26.2 Å². The maximum absolute atomic E-state index is 13.0. The molecule has 1 N–H and O–H groups in total. The molecule has 2 rings (SSSR count). The van der Waals surface area contributed by atoms with Gasteiger partial charge in [0.1, 0.15) is 0 Å². The van der Waals surface area contributed by atoms with Gasteiger partial charge >= 0.3 is 6.03 Å². The van der Waals surface area contributed by atoms with E-state index in [1.54, 1.807) is 4.90 Å². The molecule has 0 radical (unpaired) electrons. The van der Waals surface area contributed by atoms with Gasteiger partial charge in [0.2, 0.25) is 5.91 Å². The van der Waals surface area contributed by atoms with Crippen molar-refractivity contribution in [2.75, 3.05) is 26.2 Å². The van der Waals surface area contributed by atoms with E-state index in [4.69, 9.17) is 0 Å². The molecule has 1 aromatic rings. The van der Waals surface area contributed by atoms with Crippen molar-refractivity contribution in [3.63, 3.8) is 0 Å². The van der Waals surface area contributed by atoms with Gasteiger partial charge in [0.25, 0.3) is 0 Å². The number of nitrogens with zero attached hydrogens (tertiary/aromatic N) is 2. The minimum atomic E-state index is -0.516. The lowest BCUT2D eigenvalue weighted by molar-refractivity contribution is -0.136. The molecule has 154 valence electrons. The predicted octanol–water partition coefficient (Wildman–Crippen LogP) is 4.24. The average molecular weight is 386 g/mol. The molecule has 1 fully saturated rings. The summed E-state index contributed by atoms with van der Waals surface area (Å²) in [6.07, 6.45) is 1.71. The van der Waals surface area contributed by atoms with E-state index < -0.39 is 5.54 Å². The summed E-state index contributed by atoms with van der Waals surface area (Å²) in [5.41, 5.74) is 2.59. The van der Waals surface area contributed by atoms with Crippen LogP contribution in [0.5, 0.6) is 0 Å². The molecule has 0 bridgehead atoms. The van der Waals surface area contributed by atoms with Gasteiger partial charge in [-0.2, -0.15) is 0 Å². The monoisotopic (exact) mass is 385 g/mol. The Hall–Kier alpha value is -2.30. The number of rotatable bonds is 6. The molecule has 0 aromatic heterocycles. The number of benzene rings is 1. The summed E-state index contributed by atoms with van der Waals surface area (Å²) in [5, 5.41) is 3.16. The predicted molar refractivity (Wildman–Crippen MR) is 115 cm³/mol. The molecule has 28 heavy (non-hydrogen) atoms. The van der Waals surface area contributed by atoms with Gasteiger partial charge in [0, 0.05) is 26.2 Å². The number of piperidine rings is 1. The Kier molecular flexibility index (Phi) is 7.28. The molecule has 0 saturated carbocycles. The highest BCUT2D eigenvalue weighted by atomic mass is 16.2. The fraction of sp³-hybridized carbons (Fsp3) is 0.565. The van der Waals surface area contributed by atoms with Crippen LogP contribution in [0.25, 0.3) is 5.57 Å². The van der Waals surface area contributed by atoms with Crippen LogP contribution < -0.4 is 5.32 Å². The van der Waals surface area contributed by atoms with Crippen LogP contribution in [0.3, 0.4) is 0 Å². The lowest BCUT2D eigenvalue weighted by Crippen LogP contribution is -2.53. The molecule has 1 aliphatic heterocycles. The van der Waals surface area contributed by atoms with Crippen molar-refractivity contribution in [2.24, 2.45) is 5.92 Å². The van der Waals surface area contributed by atoms with Gasteiger partial charge in [-0.15, -0.1) is 0 Å². The van der Waals surface area contributed by atoms with E-state index in [1.807, 2.05) is 57.7 Å². The van der Waals surface area contributed by atoms with Crippen molar-refractivity contribution < 1.29 is 9.59 Å². The van der Waals surface area contributed by atoms with Gasteiger partial charge in [-0.25, -0.2) is 4.79 Å². The van der Waals surface area contributed by atoms with Gasteiger partial charge < -0.3 is 15.1 Å². The Morgan fingerprint density at radius 2 is 1.96 bits per heavy atom. The van der Waals surface area contributed by atoms with Crippen LogP contribution in [0.4, 0.5) is 4.79 Å². The minimum Gasteiger partial charge on any atom is -0.343 e. The topological polar surface area (TPSA) is 52.7 Å². The third-order valence-electron chi connectivity index (χ3n) is 5.63. The summed E-state index contributed by atoms with van der Waals surface area (Å²) in [6, 6.07) is 8.01. The lowest BCUT2D eigenvalue weighted by atomic mass is 9.91. The molecule has 1 aliphatic rings. The highest BCUT2D eigenvalue weighted by Crippen LogP contribution is 2.25. The summed E-state index contributed by atoms with van der Waals surface area (Å²) >= 11 is 0. The largest absolute Gasteiger partial charge is 0.343 e.